The fourth-order valence-corrected chi connectivity index (χ4v) is 4.29. The van der Waals surface area contributed by atoms with Gasteiger partial charge in [-0.2, -0.15) is 5.10 Å². The lowest BCUT2D eigenvalue weighted by Gasteiger charge is -2.54. The minimum absolute atomic E-state index is 0.238. The van der Waals surface area contributed by atoms with Crippen LogP contribution in [0.4, 0.5) is 5.69 Å². The van der Waals surface area contributed by atoms with Gasteiger partial charge in [-0.05, 0) is 50.9 Å². The molecule has 100 valence electrons. The second-order valence-electron chi connectivity index (χ2n) is 6.31. The van der Waals surface area contributed by atoms with Crippen molar-refractivity contribution >= 4 is 11.4 Å². The van der Waals surface area contributed by atoms with Gasteiger partial charge in [-0.15, -0.1) is 0 Å². The Bertz CT molecular complexity index is 502. The Morgan fingerprint density at radius 1 is 1.16 bits per heavy atom. The van der Waals surface area contributed by atoms with Crippen molar-refractivity contribution in [2.45, 2.75) is 31.7 Å². The Kier molecular flexibility index (Phi) is 2.46. The summed E-state index contributed by atoms with van der Waals surface area (Å²) in [4.78, 5) is 2.63. The number of hydrazone groups is 1. The molecule has 2 bridgehead atoms. The second kappa shape index (κ2) is 4.07. The van der Waals surface area contributed by atoms with Crippen LogP contribution in [0.2, 0.25) is 0 Å². The number of benzene rings is 1. The van der Waals surface area contributed by atoms with Crippen molar-refractivity contribution in [3.8, 4) is 0 Å². The van der Waals surface area contributed by atoms with Crippen LogP contribution in [-0.2, 0) is 0 Å². The van der Waals surface area contributed by atoms with Gasteiger partial charge in [0.05, 0.1) is 11.2 Å². The molecule has 0 aliphatic carbocycles. The topological polar surface area (TPSA) is 18.8 Å². The van der Waals surface area contributed by atoms with Crippen LogP contribution in [0, 0.1) is 5.92 Å². The van der Waals surface area contributed by atoms with Crippen LogP contribution in [0.1, 0.15) is 26.2 Å². The van der Waals surface area contributed by atoms with Crippen LogP contribution >= 0.6 is 0 Å². The molecule has 0 amide bonds. The minimum Gasteiger partial charge on any atom is -0.301 e. The summed E-state index contributed by atoms with van der Waals surface area (Å²) in [6.45, 7) is 5.94. The van der Waals surface area contributed by atoms with Crippen molar-refractivity contribution in [1.29, 1.82) is 0 Å². The number of piperidine rings is 3. The van der Waals surface area contributed by atoms with Gasteiger partial charge in [0, 0.05) is 18.7 Å². The van der Waals surface area contributed by atoms with Gasteiger partial charge in [0.1, 0.15) is 0 Å². The summed E-state index contributed by atoms with van der Waals surface area (Å²) < 4.78 is 0. The van der Waals surface area contributed by atoms with Crippen molar-refractivity contribution in [1.82, 2.24) is 4.90 Å². The van der Waals surface area contributed by atoms with E-state index in [1.54, 1.807) is 0 Å². The zero-order valence-electron chi connectivity index (χ0n) is 11.5. The van der Waals surface area contributed by atoms with Crippen LogP contribution < -0.4 is 5.01 Å². The van der Waals surface area contributed by atoms with Crippen molar-refractivity contribution in [2.75, 3.05) is 24.6 Å². The zero-order valence-corrected chi connectivity index (χ0v) is 11.5. The quantitative estimate of drug-likeness (QED) is 0.768. The first-order valence-corrected chi connectivity index (χ1v) is 7.40. The molecule has 1 aromatic carbocycles. The molecule has 4 aliphatic heterocycles. The van der Waals surface area contributed by atoms with Gasteiger partial charge in [-0.1, -0.05) is 18.2 Å². The summed E-state index contributed by atoms with van der Waals surface area (Å²) in [5.74, 6) is 0.805. The molecule has 3 saturated heterocycles. The zero-order chi connectivity index (χ0) is 12.9. The molecule has 0 N–H and O–H groups in total. The van der Waals surface area contributed by atoms with Crippen LogP contribution in [0.15, 0.2) is 35.4 Å². The van der Waals surface area contributed by atoms with Gasteiger partial charge in [0.25, 0.3) is 0 Å². The molecule has 4 heterocycles. The second-order valence-corrected chi connectivity index (χ2v) is 6.31. The van der Waals surface area contributed by atoms with Crippen molar-refractivity contribution in [3.63, 3.8) is 0 Å². The first-order chi connectivity index (χ1) is 9.28. The SMILES string of the molecule is CC1=NN(c2ccccc2)C2(C1)CN1CCC2CC1. The number of fused-ring (bicyclic) bond motifs is 2. The molecule has 1 spiro atoms. The third-order valence-electron chi connectivity index (χ3n) is 5.10. The molecule has 0 radical (unpaired) electrons. The van der Waals surface area contributed by atoms with Crippen LogP contribution in [-0.4, -0.2) is 35.8 Å². The van der Waals surface area contributed by atoms with E-state index < -0.39 is 0 Å². The number of hydrogen-bond donors (Lipinski definition) is 0. The summed E-state index contributed by atoms with van der Waals surface area (Å²) in [6.07, 6.45) is 3.82. The van der Waals surface area contributed by atoms with E-state index in [-0.39, 0.29) is 5.54 Å². The average Bonchev–Trinajstić information content (AvgIpc) is 2.77. The molecule has 3 nitrogen and oxygen atoms in total. The molecule has 1 aromatic rings. The fourth-order valence-electron chi connectivity index (χ4n) is 4.29. The Balaban J connectivity index is 1.76. The third kappa shape index (κ3) is 1.64. The standard InChI is InChI=1S/C16H21N3/c1-13-11-16(12-18-9-7-14(16)8-10-18)19(17-13)15-5-3-2-4-6-15/h2-6,14H,7-12H2,1H3. The number of nitrogens with zero attached hydrogens (tertiary/aromatic N) is 3. The summed E-state index contributed by atoms with van der Waals surface area (Å²) in [6, 6.07) is 10.7. The lowest BCUT2D eigenvalue weighted by molar-refractivity contribution is 0.0317. The first-order valence-electron chi connectivity index (χ1n) is 7.40. The van der Waals surface area contributed by atoms with Gasteiger partial charge in [0.15, 0.2) is 0 Å². The van der Waals surface area contributed by atoms with Crippen molar-refractivity contribution in [3.05, 3.63) is 30.3 Å². The smallest absolute Gasteiger partial charge is 0.0842 e. The molecule has 3 heteroatoms. The highest BCUT2D eigenvalue weighted by atomic mass is 15.5. The van der Waals surface area contributed by atoms with E-state index in [1.165, 1.54) is 43.9 Å². The normalized spacial score (nSPS) is 36.9. The molecule has 1 atom stereocenters. The van der Waals surface area contributed by atoms with E-state index in [9.17, 15) is 0 Å². The maximum absolute atomic E-state index is 4.88. The van der Waals surface area contributed by atoms with Gasteiger partial charge in [0.2, 0.25) is 0 Å². The number of anilines is 1. The summed E-state index contributed by atoms with van der Waals surface area (Å²) in [5, 5.41) is 7.22. The van der Waals surface area contributed by atoms with Gasteiger partial charge >= 0.3 is 0 Å². The van der Waals surface area contributed by atoms with Crippen molar-refractivity contribution in [2.24, 2.45) is 11.0 Å². The highest BCUT2D eigenvalue weighted by Gasteiger charge is 2.53. The highest BCUT2D eigenvalue weighted by Crippen LogP contribution is 2.46. The maximum Gasteiger partial charge on any atom is 0.0842 e. The Labute approximate surface area is 114 Å². The van der Waals surface area contributed by atoms with E-state index in [2.05, 4.69) is 47.2 Å². The average molecular weight is 255 g/mol. The Hall–Kier alpha value is -1.35. The van der Waals surface area contributed by atoms with E-state index in [4.69, 9.17) is 5.10 Å². The van der Waals surface area contributed by atoms with Gasteiger partial charge < -0.3 is 4.90 Å². The van der Waals surface area contributed by atoms with Crippen molar-refractivity contribution < 1.29 is 0 Å². The monoisotopic (exact) mass is 255 g/mol. The highest BCUT2D eigenvalue weighted by molar-refractivity contribution is 5.87. The predicted octanol–water partition coefficient (Wildman–Crippen LogP) is 2.74. The fraction of sp³-hybridized carbons (Fsp3) is 0.562. The summed E-state index contributed by atoms with van der Waals surface area (Å²) >= 11 is 0. The molecule has 1 unspecified atom stereocenters. The predicted molar refractivity (Wildman–Crippen MR) is 78.5 cm³/mol. The lowest BCUT2D eigenvalue weighted by atomic mass is 9.70. The molecular formula is C16H21N3. The third-order valence-corrected chi connectivity index (χ3v) is 5.10. The minimum atomic E-state index is 0.238. The summed E-state index contributed by atoms with van der Waals surface area (Å²) in [5.41, 5.74) is 2.78. The van der Waals surface area contributed by atoms with Crippen LogP contribution in [0.25, 0.3) is 0 Å². The van der Waals surface area contributed by atoms with E-state index in [0.29, 0.717) is 0 Å². The molecule has 0 aromatic heterocycles. The Morgan fingerprint density at radius 3 is 2.53 bits per heavy atom. The molecule has 4 aliphatic rings. The molecular weight excluding hydrogens is 234 g/mol. The van der Waals surface area contributed by atoms with Gasteiger partial charge in [-0.3, -0.25) is 5.01 Å². The maximum atomic E-state index is 4.88. The van der Waals surface area contributed by atoms with Crippen LogP contribution in [0.3, 0.4) is 0 Å². The molecule has 3 fully saturated rings. The van der Waals surface area contributed by atoms with E-state index >= 15 is 0 Å². The van der Waals surface area contributed by atoms with E-state index in [1.807, 2.05) is 0 Å². The van der Waals surface area contributed by atoms with Gasteiger partial charge in [-0.25, -0.2) is 0 Å². The largest absolute Gasteiger partial charge is 0.301 e. The molecule has 5 rings (SSSR count). The van der Waals surface area contributed by atoms with Crippen LogP contribution in [0.5, 0.6) is 0 Å². The number of para-hydroxylation sites is 1. The number of rotatable bonds is 1. The molecule has 19 heavy (non-hydrogen) atoms. The van der Waals surface area contributed by atoms with E-state index in [0.717, 1.165) is 12.3 Å². The summed E-state index contributed by atoms with van der Waals surface area (Å²) in [7, 11) is 0. The Morgan fingerprint density at radius 2 is 1.89 bits per heavy atom. The molecule has 0 saturated carbocycles. The number of hydrogen-bond acceptors (Lipinski definition) is 3. The first kappa shape index (κ1) is 11.5. The lowest BCUT2D eigenvalue weighted by Crippen LogP contribution is -2.64.